The van der Waals surface area contributed by atoms with Crippen molar-refractivity contribution in [2.45, 2.75) is 22.6 Å². The summed E-state index contributed by atoms with van der Waals surface area (Å²) in [5.41, 5.74) is 0. The van der Waals surface area contributed by atoms with Crippen molar-refractivity contribution in [2.24, 2.45) is 0 Å². The van der Waals surface area contributed by atoms with Gasteiger partial charge in [-0.15, -0.1) is 0 Å². The number of hydrogen-bond acceptors (Lipinski definition) is 5. The van der Waals surface area contributed by atoms with E-state index in [2.05, 4.69) is 0 Å². The summed E-state index contributed by atoms with van der Waals surface area (Å²) in [5.74, 6) is 0.300. The van der Waals surface area contributed by atoms with Gasteiger partial charge in [0.25, 0.3) is 0 Å². The number of phenolic OH excluding ortho intramolecular Hbond substituents is 1. The minimum atomic E-state index is -0.488. The van der Waals surface area contributed by atoms with Crippen molar-refractivity contribution in [3.05, 3.63) is 18.2 Å². The predicted molar refractivity (Wildman–Crippen MR) is 84.3 cm³/mol. The minimum absolute atomic E-state index is 0.227. The molecule has 1 rings (SSSR count). The maximum atomic E-state index is 10.0. The molecule has 0 amide bonds. The normalized spacial score (nSPS) is 15.2. The molecule has 0 aromatic heterocycles. The number of benzene rings is 1. The van der Waals surface area contributed by atoms with Crippen LogP contribution in [-0.4, -0.2) is 86.5 Å². The van der Waals surface area contributed by atoms with E-state index in [0.29, 0.717) is 29.4 Å². The summed E-state index contributed by atoms with van der Waals surface area (Å²) in [4.78, 5) is 0. The zero-order valence-corrected chi connectivity index (χ0v) is 16.0. The molecule has 5 nitrogen and oxygen atoms in total. The molecule has 0 heterocycles. The van der Waals surface area contributed by atoms with Gasteiger partial charge in [-0.3, -0.25) is 0 Å². The standard InChI is InChI=1S/C14H22As2O5/c1-20-8-10(17)6-15-12-4-3-5-13(19)14(12)16-7-11(18)9-21-2/h3-5,10-11,17-19H,6-9H2,1-2H3. The summed E-state index contributed by atoms with van der Waals surface area (Å²) in [7, 11) is 3.13. The van der Waals surface area contributed by atoms with Gasteiger partial charge in [0, 0.05) is 0 Å². The van der Waals surface area contributed by atoms with Gasteiger partial charge >= 0.3 is 139 Å². The Morgan fingerprint density at radius 3 is 2.14 bits per heavy atom. The van der Waals surface area contributed by atoms with Crippen LogP contribution in [0.25, 0.3) is 0 Å². The van der Waals surface area contributed by atoms with Crippen LogP contribution in [0, 0.1) is 0 Å². The topological polar surface area (TPSA) is 79.2 Å². The second kappa shape index (κ2) is 10.7. The fourth-order valence-electron chi connectivity index (χ4n) is 1.70. The molecule has 0 saturated carbocycles. The number of aliphatic hydroxyl groups excluding tert-OH is 2. The van der Waals surface area contributed by atoms with Crippen LogP contribution >= 0.6 is 0 Å². The van der Waals surface area contributed by atoms with E-state index in [0.717, 1.165) is 8.70 Å². The van der Waals surface area contributed by atoms with Gasteiger partial charge in [0.05, 0.1) is 0 Å². The molecule has 21 heavy (non-hydrogen) atoms. The van der Waals surface area contributed by atoms with E-state index in [1.165, 1.54) is 0 Å². The van der Waals surface area contributed by atoms with Crippen molar-refractivity contribution < 1.29 is 24.8 Å². The van der Waals surface area contributed by atoms with E-state index in [4.69, 9.17) is 9.47 Å². The molecular formula is C14H22As2O5. The number of hydrogen-bond donors (Lipinski definition) is 3. The van der Waals surface area contributed by atoms with Crippen LogP contribution in [0.4, 0.5) is 0 Å². The number of phenols is 1. The van der Waals surface area contributed by atoms with Crippen molar-refractivity contribution in [3.63, 3.8) is 0 Å². The maximum absolute atomic E-state index is 10.0. The van der Waals surface area contributed by atoms with Gasteiger partial charge in [-0.2, -0.15) is 0 Å². The molecule has 0 spiro atoms. The Bertz CT molecular complexity index is 416. The van der Waals surface area contributed by atoms with E-state index < -0.39 is 12.2 Å². The fraction of sp³-hybridized carbons (Fsp3) is 0.571. The first-order valence-corrected chi connectivity index (χ1v) is 11.1. The van der Waals surface area contributed by atoms with Crippen molar-refractivity contribution in [1.29, 1.82) is 0 Å². The van der Waals surface area contributed by atoms with Gasteiger partial charge in [-0.25, -0.2) is 0 Å². The monoisotopic (exact) mass is 420 g/mol. The molecule has 2 atom stereocenters. The van der Waals surface area contributed by atoms with Gasteiger partial charge in [-0.05, 0) is 0 Å². The van der Waals surface area contributed by atoms with Crippen molar-refractivity contribution in [2.75, 3.05) is 27.4 Å². The van der Waals surface area contributed by atoms with Crippen LogP contribution in [0.3, 0.4) is 0 Å². The molecule has 2 unspecified atom stereocenters. The van der Waals surface area contributed by atoms with E-state index in [9.17, 15) is 15.3 Å². The third-order valence-electron chi connectivity index (χ3n) is 2.64. The molecule has 1 aromatic carbocycles. The quantitative estimate of drug-likeness (QED) is 0.419. The summed E-state index contributed by atoms with van der Waals surface area (Å²) >= 11 is -0.547. The number of aliphatic hydroxyl groups is 2. The first-order valence-electron chi connectivity index (χ1n) is 6.59. The second-order valence-electron chi connectivity index (χ2n) is 4.54. The number of methoxy groups -OCH3 is 2. The van der Waals surface area contributed by atoms with E-state index in [-0.39, 0.29) is 31.5 Å². The Hall–Kier alpha value is -0.0231. The summed E-state index contributed by atoms with van der Waals surface area (Å²) < 4.78 is 11.9. The SMILES string of the molecule is COCC(O)C[As]c1cccc(O)c1[As]CC(O)COC. The molecule has 0 aliphatic carbocycles. The predicted octanol–water partition coefficient (Wildman–Crippen LogP) is -1.10. The Balaban J connectivity index is 2.64. The molecule has 0 aliphatic rings. The fourth-order valence-corrected chi connectivity index (χ4v) is 7.31. The molecule has 0 aliphatic heterocycles. The molecule has 7 heteroatoms. The molecule has 0 saturated heterocycles. The third-order valence-corrected chi connectivity index (χ3v) is 9.16. The summed E-state index contributed by atoms with van der Waals surface area (Å²) in [6.45, 7) is 0.656. The van der Waals surface area contributed by atoms with Crippen molar-refractivity contribution in [1.82, 2.24) is 0 Å². The summed E-state index contributed by atoms with van der Waals surface area (Å²) in [5, 5.41) is 30.9. The average molecular weight is 420 g/mol. The molecule has 3 N–H and O–H groups in total. The number of aromatic hydroxyl groups is 1. The first kappa shape index (κ1) is 19.0. The van der Waals surface area contributed by atoms with Crippen molar-refractivity contribution in [3.8, 4) is 5.75 Å². The molecule has 2 radical (unpaired) electrons. The molecule has 118 valence electrons. The van der Waals surface area contributed by atoms with E-state index >= 15 is 0 Å². The zero-order chi connectivity index (χ0) is 15.7. The van der Waals surface area contributed by atoms with Crippen LogP contribution in [0.1, 0.15) is 0 Å². The number of ether oxygens (including phenoxy) is 2. The zero-order valence-electron chi connectivity index (χ0n) is 12.3. The Labute approximate surface area is 139 Å². The first-order chi connectivity index (χ1) is 10.1. The Morgan fingerprint density at radius 1 is 1.00 bits per heavy atom. The Morgan fingerprint density at radius 2 is 1.57 bits per heavy atom. The van der Waals surface area contributed by atoms with Gasteiger partial charge < -0.3 is 0 Å². The van der Waals surface area contributed by atoms with Crippen LogP contribution in [0.15, 0.2) is 18.2 Å². The molecule has 0 fully saturated rings. The third kappa shape index (κ3) is 7.18. The molecule has 1 aromatic rings. The van der Waals surface area contributed by atoms with E-state index in [1.807, 2.05) is 12.1 Å². The van der Waals surface area contributed by atoms with Crippen LogP contribution in [0.2, 0.25) is 10.4 Å². The van der Waals surface area contributed by atoms with Crippen molar-refractivity contribution >= 4 is 40.2 Å². The summed E-state index contributed by atoms with van der Waals surface area (Å²) in [6.07, 6.45) is -0.946. The number of rotatable bonds is 10. The average Bonchev–Trinajstić information content (AvgIpc) is 2.44. The van der Waals surface area contributed by atoms with Gasteiger partial charge in [0.1, 0.15) is 0 Å². The van der Waals surface area contributed by atoms with Gasteiger partial charge in [0.2, 0.25) is 0 Å². The van der Waals surface area contributed by atoms with Crippen LogP contribution in [-0.2, 0) is 9.47 Å². The van der Waals surface area contributed by atoms with Crippen LogP contribution in [0.5, 0.6) is 5.75 Å². The molecule has 0 bridgehead atoms. The van der Waals surface area contributed by atoms with Crippen LogP contribution < -0.4 is 8.70 Å². The van der Waals surface area contributed by atoms with E-state index in [1.54, 1.807) is 20.3 Å². The van der Waals surface area contributed by atoms with Gasteiger partial charge in [-0.1, -0.05) is 0 Å². The second-order valence-corrected chi connectivity index (χ2v) is 9.35. The van der Waals surface area contributed by atoms with Gasteiger partial charge in [0.15, 0.2) is 0 Å². The summed E-state index contributed by atoms with van der Waals surface area (Å²) in [6, 6.07) is 5.52. The Kier molecular flexibility index (Phi) is 9.66. The molecular weight excluding hydrogens is 398 g/mol.